The van der Waals surface area contributed by atoms with Crippen LogP contribution in [-0.2, 0) is 14.2 Å². The molecule has 0 N–H and O–H groups in total. The summed E-state index contributed by atoms with van der Waals surface area (Å²) in [4.78, 5) is 0. The van der Waals surface area contributed by atoms with Crippen LogP contribution in [0.2, 0.25) is 0 Å². The molecule has 0 saturated carbocycles. The first-order valence-corrected chi connectivity index (χ1v) is 17.1. The number of benzene rings is 3. The molecule has 3 heterocycles. The molecule has 0 bridgehead atoms. The number of ether oxygens (including phenoxy) is 6. The zero-order valence-electron chi connectivity index (χ0n) is 30.0. The van der Waals surface area contributed by atoms with Crippen molar-refractivity contribution in [3.8, 4) is 17.2 Å². The van der Waals surface area contributed by atoms with E-state index >= 15 is 0 Å². The zero-order chi connectivity index (χ0) is 34.0. The lowest BCUT2D eigenvalue weighted by atomic mass is 10.3. The topological polar surface area (TPSA) is 65.3 Å². The lowest BCUT2D eigenvalue weighted by Crippen LogP contribution is -2.03. The third-order valence-corrected chi connectivity index (χ3v) is 4.74. The van der Waals surface area contributed by atoms with E-state index in [2.05, 4.69) is 27.7 Å². The van der Waals surface area contributed by atoms with Crippen LogP contribution < -0.4 is 14.2 Å². The van der Waals surface area contributed by atoms with Gasteiger partial charge in [0.2, 0.25) is 0 Å². The Balaban J connectivity index is 0. The molecule has 3 aliphatic heterocycles. The SMILES string of the molecule is CC.CC.CC.CCC.CCC.c1ccc(OCC2CO2)cc1.c1ccc(OCC2CO2)cc1.c1ccc(OCC2CO2)cc1. The molecule has 3 fully saturated rings. The molecule has 3 saturated heterocycles. The summed E-state index contributed by atoms with van der Waals surface area (Å²) < 4.78 is 31.2. The van der Waals surface area contributed by atoms with Crippen molar-refractivity contribution in [2.75, 3.05) is 39.6 Å². The molecule has 6 rings (SSSR count). The normalized spacial score (nSPS) is 16.8. The fourth-order valence-corrected chi connectivity index (χ4v) is 2.61. The van der Waals surface area contributed by atoms with Crippen LogP contribution in [0.1, 0.15) is 82.1 Å². The molecule has 0 aliphatic carbocycles. The van der Waals surface area contributed by atoms with Crippen molar-refractivity contribution in [1.82, 2.24) is 0 Å². The van der Waals surface area contributed by atoms with Gasteiger partial charge in [0.15, 0.2) is 0 Å². The first-order valence-electron chi connectivity index (χ1n) is 17.1. The molecular weight excluding hydrogens is 564 g/mol. The molecule has 3 aromatic rings. The van der Waals surface area contributed by atoms with Crippen molar-refractivity contribution in [2.45, 2.75) is 100 Å². The molecule has 0 amide bonds. The lowest BCUT2D eigenvalue weighted by Gasteiger charge is -2.01. The van der Waals surface area contributed by atoms with E-state index in [4.69, 9.17) is 28.4 Å². The van der Waals surface area contributed by atoms with Gasteiger partial charge < -0.3 is 28.4 Å². The second-order valence-electron chi connectivity index (χ2n) is 9.15. The van der Waals surface area contributed by atoms with Gasteiger partial charge in [0.1, 0.15) is 55.4 Å². The van der Waals surface area contributed by atoms with E-state index in [1.165, 1.54) is 12.8 Å². The van der Waals surface area contributed by atoms with Gasteiger partial charge >= 0.3 is 0 Å². The monoisotopic (exact) mass is 628 g/mol. The molecular formula is C39H64O6. The summed E-state index contributed by atoms with van der Waals surface area (Å²) >= 11 is 0. The number of rotatable bonds is 9. The summed E-state index contributed by atoms with van der Waals surface area (Å²) in [6, 6.07) is 29.4. The highest BCUT2D eigenvalue weighted by molar-refractivity contribution is 5.22. The maximum Gasteiger partial charge on any atom is 0.119 e. The van der Waals surface area contributed by atoms with Gasteiger partial charge in [-0.2, -0.15) is 0 Å². The van der Waals surface area contributed by atoms with Gasteiger partial charge in [-0.15, -0.1) is 0 Å². The molecule has 256 valence electrons. The lowest BCUT2D eigenvalue weighted by molar-refractivity contribution is 0.263. The molecule has 3 atom stereocenters. The minimum Gasteiger partial charge on any atom is -0.491 e. The van der Waals surface area contributed by atoms with Crippen molar-refractivity contribution in [3.63, 3.8) is 0 Å². The molecule has 6 nitrogen and oxygen atoms in total. The van der Waals surface area contributed by atoms with Crippen molar-refractivity contribution in [3.05, 3.63) is 91.0 Å². The summed E-state index contributed by atoms with van der Waals surface area (Å²) in [7, 11) is 0. The Morgan fingerprint density at radius 3 is 0.756 bits per heavy atom. The molecule has 3 aromatic carbocycles. The molecule has 0 aromatic heterocycles. The number of epoxide rings is 3. The second kappa shape index (κ2) is 33.8. The van der Waals surface area contributed by atoms with Crippen LogP contribution >= 0.6 is 0 Å². The molecule has 45 heavy (non-hydrogen) atoms. The van der Waals surface area contributed by atoms with Gasteiger partial charge in [0.25, 0.3) is 0 Å². The van der Waals surface area contributed by atoms with Crippen LogP contribution in [0.15, 0.2) is 91.0 Å². The third-order valence-electron chi connectivity index (χ3n) is 4.74. The van der Waals surface area contributed by atoms with Crippen LogP contribution in [-0.4, -0.2) is 58.0 Å². The Labute approximate surface area is 276 Å². The van der Waals surface area contributed by atoms with Gasteiger partial charge in [-0.1, -0.05) is 137 Å². The van der Waals surface area contributed by atoms with Crippen molar-refractivity contribution in [2.24, 2.45) is 0 Å². The Bertz CT molecular complexity index is 803. The highest BCUT2D eigenvalue weighted by Crippen LogP contribution is 2.15. The fourth-order valence-electron chi connectivity index (χ4n) is 2.61. The highest BCUT2D eigenvalue weighted by Gasteiger charge is 2.24. The second-order valence-corrected chi connectivity index (χ2v) is 9.15. The number of hydrogen-bond donors (Lipinski definition) is 0. The predicted molar refractivity (Wildman–Crippen MR) is 191 cm³/mol. The molecule has 0 radical (unpaired) electrons. The van der Waals surface area contributed by atoms with Crippen molar-refractivity contribution in [1.29, 1.82) is 0 Å². The number of hydrogen-bond acceptors (Lipinski definition) is 6. The van der Waals surface area contributed by atoms with Crippen molar-refractivity contribution < 1.29 is 28.4 Å². The van der Waals surface area contributed by atoms with E-state index in [9.17, 15) is 0 Å². The van der Waals surface area contributed by atoms with Gasteiger partial charge in [-0.05, 0) is 36.4 Å². The first-order chi connectivity index (χ1) is 22.2. The van der Waals surface area contributed by atoms with Crippen LogP contribution in [0.5, 0.6) is 17.2 Å². The van der Waals surface area contributed by atoms with Crippen LogP contribution in [0.4, 0.5) is 0 Å². The average molecular weight is 629 g/mol. The molecule has 6 heteroatoms. The smallest absolute Gasteiger partial charge is 0.119 e. The fraction of sp³-hybridized carbons (Fsp3) is 0.538. The van der Waals surface area contributed by atoms with Gasteiger partial charge in [-0.3, -0.25) is 0 Å². The summed E-state index contributed by atoms with van der Waals surface area (Å²) in [5.74, 6) is 2.76. The van der Waals surface area contributed by atoms with Crippen LogP contribution in [0.25, 0.3) is 0 Å². The third kappa shape index (κ3) is 30.7. The number of para-hydroxylation sites is 3. The molecule has 3 aliphatic rings. The van der Waals surface area contributed by atoms with Gasteiger partial charge in [0.05, 0.1) is 19.8 Å². The van der Waals surface area contributed by atoms with Crippen molar-refractivity contribution >= 4 is 0 Å². The van der Waals surface area contributed by atoms with E-state index in [1.54, 1.807) is 0 Å². The van der Waals surface area contributed by atoms with E-state index < -0.39 is 0 Å². The Morgan fingerprint density at radius 1 is 0.422 bits per heavy atom. The minimum atomic E-state index is 0.343. The van der Waals surface area contributed by atoms with E-state index in [0.717, 1.165) is 37.1 Å². The van der Waals surface area contributed by atoms with Gasteiger partial charge in [-0.25, -0.2) is 0 Å². The van der Waals surface area contributed by atoms with Crippen LogP contribution in [0.3, 0.4) is 0 Å². The molecule has 3 unspecified atom stereocenters. The Kier molecular flexibility index (Phi) is 33.1. The van der Waals surface area contributed by atoms with Crippen LogP contribution in [0, 0.1) is 0 Å². The Hall–Kier alpha value is -3.06. The summed E-state index contributed by atoms with van der Waals surface area (Å²) in [5, 5.41) is 0. The molecule has 0 spiro atoms. The summed E-state index contributed by atoms with van der Waals surface area (Å²) in [6.07, 6.45) is 3.53. The minimum absolute atomic E-state index is 0.343. The largest absolute Gasteiger partial charge is 0.491 e. The Morgan fingerprint density at radius 2 is 0.600 bits per heavy atom. The quantitative estimate of drug-likeness (QED) is 0.220. The van der Waals surface area contributed by atoms with E-state index in [1.807, 2.05) is 133 Å². The first kappa shape index (κ1) is 44.1. The standard InChI is InChI=1S/3C9H10O2.2C3H8.3C2H6/c3*1-2-4-8(5-3-1)10-6-9-7-11-9;2*1-3-2;3*1-2/h3*1-5,9H,6-7H2;2*3H2,1-2H3;3*1-2H3. The summed E-state index contributed by atoms with van der Waals surface area (Å²) in [6.45, 7) is 25.1. The zero-order valence-corrected chi connectivity index (χ0v) is 30.0. The maximum atomic E-state index is 5.40. The van der Waals surface area contributed by atoms with E-state index in [-0.39, 0.29) is 0 Å². The summed E-state index contributed by atoms with van der Waals surface area (Å²) in [5.41, 5.74) is 0. The van der Waals surface area contributed by atoms with Gasteiger partial charge in [0, 0.05) is 0 Å². The average Bonchev–Trinajstić information content (AvgIpc) is 3.97. The van der Waals surface area contributed by atoms with E-state index in [0.29, 0.717) is 38.1 Å². The highest BCUT2D eigenvalue weighted by atomic mass is 16.6. The predicted octanol–water partition coefficient (Wildman–Crippen LogP) is 10.3. The maximum absolute atomic E-state index is 5.40.